The fourth-order valence-electron chi connectivity index (χ4n) is 2.82. The summed E-state index contributed by atoms with van der Waals surface area (Å²) in [5.74, 6) is 0.406. The fraction of sp³-hybridized carbons (Fsp3) is 1.00. The van der Waals surface area contributed by atoms with E-state index < -0.39 is 15.7 Å². The summed E-state index contributed by atoms with van der Waals surface area (Å²) < 4.78 is 34.6. The van der Waals surface area contributed by atoms with Crippen LogP contribution in [0.3, 0.4) is 0 Å². The van der Waals surface area contributed by atoms with Crippen LogP contribution in [0.4, 0.5) is 0 Å². The fourth-order valence-corrected chi connectivity index (χ4v) is 4.51. The van der Waals surface area contributed by atoms with E-state index in [1.54, 1.807) is 4.31 Å². The quantitative estimate of drug-likeness (QED) is 0.744. The molecule has 0 aromatic heterocycles. The zero-order valence-corrected chi connectivity index (χ0v) is 12.6. The van der Waals surface area contributed by atoms with Crippen molar-refractivity contribution in [2.45, 2.75) is 31.7 Å². The molecule has 112 valence electrons. The van der Waals surface area contributed by atoms with Crippen LogP contribution in [0.1, 0.15) is 26.2 Å². The van der Waals surface area contributed by atoms with Crippen LogP contribution in [0.15, 0.2) is 0 Å². The molecule has 0 aromatic carbocycles. The molecule has 2 heterocycles. The normalized spacial score (nSPS) is 33.7. The Kier molecular flexibility index (Phi) is 4.84. The van der Waals surface area contributed by atoms with Crippen molar-refractivity contribution in [1.82, 2.24) is 14.3 Å². The zero-order chi connectivity index (χ0) is 13.9. The van der Waals surface area contributed by atoms with Crippen molar-refractivity contribution in [3.8, 4) is 0 Å². The van der Waals surface area contributed by atoms with Gasteiger partial charge in [-0.3, -0.25) is 0 Å². The van der Waals surface area contributed by atoms with Crippen molar-refractivity contribution in [1.29, 1.82) is 0 Å². The first-order valence-electron chi connectivity index (χ1n) is 6.97. The highest BCUT2D eigenvalue weighted by molar-refractivity contribution is 7.87. The molecule has 2 aliphatic heterocycles. The average molecular weight is 291 g/mol. The van der Waals surface area contributed by atoms with Crippen LogP contribution < -0.4 is 10.0 Å². The summed E-state index contributed by atoms with van der Waals surface area (Å²) in [6, 6.07) is 0. The molecule has 0 amide bonds. The number of nitrogens with one attached hydrogen (secondary N) is 2. The van der Waals surface area contributed by atoms with Gasteiger partial charge in [0, 0.05) is 19.7 Å². The van der Waals surface area contributed by atoms with Gasteiger partial charge in [0.25, 0.3) is 10.2 Å². The molecule has 0 aromatic rings. The second-order valence-corrected chi connectivity index (χ2v) is 7.56. The van der Waals surface area contributed by atoms with Crippen LogP contribution in [0.2, 0.25) is 0 Å². The lowest BCUT2D eigenvalue weighted by atomic mass is 10.00. The van der Waals surface area contributed by atoms with Crippen LogP contribution >= 0.6 is 0 Å². The van der Waals surface area contributed by atoms with E-state index in [-0.39, 0.29) is 0 Å². The third kappa shape index (κ3) is 3.88. The summed E-state index contributed by atoms with van der Waals surface area (Å²) in [6.45, 7) is 5.08. The van der Waals surface area contributed by atoms with Crippen molar-refractivity contribution < 1.29 is 13.2 Å². The Morgan fingerprint density at radius 1 is 1.47 bits per heavy atom. The summed E-state index contributed by atoms with van der Waals surface area (Å²) in [5, 5.41) is 3.13. The first-order valence-corrected chi connectivity index (χ1v) is 8.41. The topological polar surface area (TPSA) is 70.7 Å². The van der Waals surface area contributed by atoms with Crippen molar-refractivity contribution in [2.75, 3.05) is 39.9 Å². The molecule has 2 aliphatic rings. The summed E-state index contributed by atoms with van der Waals surface area (Å²) in [4.78, 5) is 0. The Bertz CT molecular complexity index is 391. The Morgan fingerprint density at radius 2 is 2.26 bits per heavy atom. The third-order valence-electron chi connectivity index (χ3n) is 3.91. The van der Waals surface area contributed by atoms with Gasteiger partial charge in [0.15, 0.2) is 0 Å². The molecule has 2 atom stereocenters. The van der Waals surface area contributed by atoms with Crippen molar-refractivity contribution in [3.63, 3.8) is 0 Å². The standard InChI is InChI=1S/C12H25N3O3S/c1-12(5-7-18-10-12)14-19(16,17)15-6-3-4-11(9-15)8-13-2/h11,13-14H,3-10H2,1-2H3. The van der Waals surface area contributed by atoms with Crippen molar-refractivity contribution >= 4 is 10.2 Å². The monoisotopic (exact) mass is 291 g/mol. The van der Waals surface area contributed by atoms with Gasteiger partial charge in [0.1, 0.15) is 0 Å². The molecule has 0 bridgehead atoms. The van der Waals surface area contributed by atoms with Gasteiger partial charge in [-0.25, -0.2) is 0 Å². The summed E-state index contributed by atoms with van der Waals surface area (Å²) in [5.41, 5.74) is -0.450. The predicted octanol–water partition coefficient (Wildman–Crippen LogP) is -0.0688. The lowest BCUT2D eigenvalue weighted by Gasteiger charge is -2.34. The van der Waals surface area contributed by atoms with Crippen molar-refractivity contribution in [3.05, 3.63) is 0 Å². The largest absolute Gasteiger partial charge is 0.379 e. The first kappa shape index (κ1) is 15.2. The minimum absolute atomic E-state index is 0.406. The second kappa shape index (κ2) is 6.05. The van der Waals surface area contributed by atoms with Crippen molar-refractivity contribution in [2.24, 2.45) is 5.92 Å². The highest BCUT2D eigenvalue weighted by atomic mass is 32.2. The van der Waals surface area contributed by atoms with Gasteiger partial charge in [-0.15, -0.1) is 0 Å². The number of piperidine rings is 1. The average Bonchev–Trinajstić information content (AvgIpc) is 2.75. The number of hydrogen-bond donors (Lipinski definition) is 2. The first-order chi connectivity index (χ1) is 8.95. The Labute approximate surface area is 116 Å². The van der Waals surface area contributed by atoms with E-state index in [9.17, 15) is 8.42 Å². The minimum Gasteiger partial charge on any atom is -0.379 e. The van der Waals surface area contributed by atoms with E-state index >= 15 is 0 Å². The predicted molar refractivity (Wildman–Crippen MR) is 74.1 cm³/mol. The van der Waals surface area contributed by atoms with Gasteiger partial charge in [0.2, 0.25) is 0 Å². The maximum atomic E-state index is 12.4. The zero-order valence-electron chi connectivity index (χ0n) is 11.8. The van der Waals surface area contributed by atoms with E-state index in [1.807, 2.05) is 14.0 Å². The van der Waals surface area contributed by atoms with Crippen LogP contribution in [-0.2, 0) is 14.9 Å². The Hall–Kier alpha value is -0.210. The molecular formula is C12H25N3O3S. The molecule has 0 aliphatic carbocycles. The summed E-state index contributed by atoms with van der Waals surface area (Å²) in [7, 11) is -1.50. The Morgan fingerprint density at radius 3 is 2.89 bits per heavy atom. The second-order valence-electron chi connectivity index (χ2n) is 5.89. The SMILES string of the molecule is CNCC1CCCN(S(=O)(=O)NC2(C)CCOC2)C1. The van der Waals surface area contributed by atoms with Gasteiger partial charge in [-0.05, 0) is 45.7 Å². The molecule has 2 saturated heterocycles. The molecule has 2 N–H and O–H groups in total. The van der Waals surface area contributed by atoms with Gasteiger partial charge < -0.3 is 10.1 Å². The van der Waals surface area contributed by atoms with E-state index in [0.29, 0.717) is 32.2 Å². The highest BCUT2D eigenvalue weighted by Crippen LogP contribution is 2.22. The van der Waals surface area contributed by atoms with E-state index in [1.165, 1.54) is 0 Å². The highest BCUT2D eigenvalue weighted by Gasteiger charge is 2.37. The van der Waals surface area contributed by atoms with Crippen LogP contribution in [0, 0.1) is 5.92 Å². The molecule has 7 heteroatoms. The maximum absolute atomic E-state index is 12.4. The molecule has 6 nitrogen and oxygen atoms in total. The van der Waals surface area contributed by atoms with E-state index in [4.69, 9.17) is 4.74 Å². The molecule has 0 spiro atoms. The van der Waals surface area contributed by atoms with Crippen LogP contribution in [0.25, 0.3) is 0 Å². The van der Waals surface area contributed by atoms with Gasteiger partial charge >= 0.3 is 0 Å². The van der Waals surface area contributed by atoms with Crippen LogP contribution in [0.5, 0.6) is 0 Å². The third-order valence-corrected chi connectivity index (χ3v) is 5.67. The number of hydrogen-bond acceptors (Lipinski definition) is 4. The molecule has 19 heavy (non-hydrogen) atoms. The molecule has 0 saturated carbocycles. The molecule has 2 rings (SSSR count). The number of rotatable bonds is 5. The summed E-state index contributed by atoms with van der Waals surface area (Å²) >= 11 is 0. The van der Waals surface area contributed by atoms with Gasteiger partial charge in [-0.1, -0.05) is 0 Å². The van der Waals surface area contributed by atoms with Gasteiger partial charge in [0.05, 0.1) is 12.1 Å². The van der Waals surface area contributed by atoms with Gasteiger partial charge in [-0.2, -0.15) is 17.4 Å². The molecule has 0 radical (unpaired) electrons. The lowest BCUT2D eigenvalue weighted by molar-refractivity contribution is 0.176. The Balaban J connectivity index is 1.98. The number of nitrogens with zero attached hydrogens (tertiary/aromatic N) is 1. The smallest absolute Gasteiger partial charge is 0.280 e. The lowest BCUT2D eigenvalue weighted by Crippen LogP contribution is -2.54. The minimum atomic E-state index is -3.40. The maximum Gasteiger partial charge on any atom is 0.280 e. The van der Waals surface area contributed by atoms with E-state index in [0.717, 1.165) is 25.8 Å². The van der Waals surface area contributed by atoms with Crippen LogP contribution in [-0.4, -0.2) is 58.2 Å². The summed E-state index contributed by atoms with van der Waals surface area (Å²) in [6.07, 6.45) is 2.76. The van der Waals surface area contributed by atoms with E-state index in [2.05, 4.69) is 10.0 Å². The number of ether oxygens (including phenoxy) is 1. The molecule has 2 unspecified atom stereocenters. The molecule has 2 fully saturated rings. The molecular weight excluding hydrogens is 266 g/mol.